The molecule has 0 fully saturated rings. The number of hydrogen-bond acceptors (Lipinski definition) is 2. The molecule has 1 heterocycles. The van der Waals surface area contributed by atoms with Crippen molar-refractivity contribution >= 4 is 33.2 Å². The van der Waals surface area contributed by atoms with Crippen LogP contribution in [0.4, 0.5) is 11.4 Å². The molecule has 0 bridgehead atoms. The van der Waals surface area contributed by atoms with Gasteiger partial charge in [0.1, 0.15) is 0 Å². The largest absolute Gasteiger partial charge is 0.398 e. The molecule has 3 rings (SSSR count). The number of anilines is 2. The summed E-state index contributed by atoms with van der Waals surface area (Å²) in [6, 6.07) is 13.3. The van der Waals surface area contributed by atoms with E-state index in [1.54, 1.807) is 0 Å². The standard InChI is InChI=1S/C16H15BrN2O/c17-13-7-2-1-5-11(13)16(20)19-10-4-6-12-14(18)8-3-9-15(12)19/h1-3,5,7-9H,4,6,10,18H2. The molecule has 0 aromatic heterocycles. The molecule has 20 heavy (non-hydrogen) atoms. The number of nitrogen functional groups attached to an aromatic ring is 1. The van der Waals surface area contributed by atoms with Gasteiger partial charge in [0, 0.05) is 22.4 Å². The van der Waals surface area contributed by atoms with E-state index < -0.39 is 0 Å². The lowest BCUT2D eigenvalue weighted by atomic mass is 9.99. The summed E-state index contributed by atoms with van der Waals surface area (Å²) in [5.74, 6) is 0.0176. The van der Waals surface area contributed by atoms with Crippen LogP contribution in [0.5, 0.6) is 0 Å². The lowest BCUT2D eigenvalue weighted by Crippen LogP contribution is -2.35. The second-order valence-corrected chi connectivity index (χ2v) is 5.74. The first-order valence-corrected chi connectivity index (χ1v) is 7.41. The Balaban J connectivity index is 2.03. The Bertz CT molecular complexity index is 669. The summed E-state index contributed by atoms with van der Waals surface area (Å²) >= 11 is 3.45. The third-order valence-electron chi connectivity index (χ3n) is 3.64. The van der Waals surface area contributed by atoms with Crippen LogP contribution in [0.3, 0.4) is 0 Å². The number of carbonyl (C=O) groups excluding carboxylic acids is 1. The van der Waals surface area contributed by atoms with Gasteiger partial charge in [-0.25, -0.2) is 0 Å². The zero-order valence-electron chi connectivity index (χ0n) is 11.0. The molecule has 4 heteroatoms. The number of hydrogen-bond donors (Lipinski definition) is 1. The van der Waals surface area contributed by atoms with Crippen LogP contribution < -0.4 is 10.6 Å². The van der Waals surface area contributed by atoms with Crippen molar-refractivity contribution in [2.75, 3.05) is 17.2 Å². The molecule has 1 amide bonds. The predicted octanol–water partition coefficient (Wildman–Crippen LogP) is 3.62. The summed E-state index contributed by atoms with van der Waals surface area (Å²) in [6.45, 7) is 0.733. The van der Waals surface area contributed by atoms with Crippen LogP contribution in [0, 0.1) is 0 Å². The van der Waals surface area contributed by atoms with E-state index >= 15 is 0 Å². The van der Waals surface area contributed by atoms with Crippen molar-refractivity contribution < 1.29 is 4.79 Å². The molecular formula is C16H15BrN2O. The van der Waals surface area contributed by atoms with Crippen LogP contribution in [-0.2, 0) is 6.42 Å². The minimum atomic E-state index is 0.0176. The zero-order chi connectivity index (χ0) is 14.1. The first-order chi connectivity index (χ1) is 9.68. The van der Waals surface area contributed by atoms with Crippen molar-refractivity contribution in [3.63, 3.8) is 0 Å². The van der Waals surface area contributed by atoms with E-state index in [9.17, 15) is 4.79 Å². The van der Waals surface area contributed by atoms with Crippen molar-refractivity contribution in [1.29, 1.82) is 0 Å². The van der Waals surface area contributed by atoms with E-state index in [2.05, 4.69) is 15.9 Å². The highest BCUT2D eigenvalue weighted by molar-refractivity contribution is 9.10. The molecular weight excluding hydrogens is 316 g/mol. The molecule has 2 N–H and O–H groups in total. The SMILES string of the molecule is Nc1cccc2c1CCCN2C(=O)c1ccccc1Br. The molecule has 0 radical (unpaired) electrons. The van der Waals surface area contributed by atoms with Gasteiger partial charge in [-0.05, 0) is 58.6 Å². The Morgan fingerprint density at radius 2 is 1.95 bits per heavy atom. The molecule has 0 saturated carbocycles. The van der Waals surface area contributed by atoms with Gasteiger partial charge in [0.15, 0.2) is 0 Å². The maximum atomic E-state index is 12.7. The van der Waals surface area contributed by atoms with E-state index in [1.807, 2.05) is 47.4 Å². The molecule has 1 aliphatic rings. The summed E-state index contributed by atoms with van der Waals surface area (Å²) in [5.41, 5.74) is 9.50. The van der Waals surface area contributed by atoms with Gasteiger partial charge in [0.25, 0.3) is 5.91 Å². The third kappa shape index (κ3) is 2.20. The van der Waals surface area contributed by atoms with Gasteiger partial charge >= 0.3 is 0 Å². The van der Waals surface area contributed by atoms with Gasteiger partial charge in [-0.15, -0.1) is 0 Å². The van der Waals surface area contributed by atoms with Gasteiger partial charge in [-0.3, -0.25) is 4.79 Å². The Labute approximate surface area is 126 Å². The highest BCUT2D eigenvalue weighted by atomic mass is 79.9. The monoisotopic (exact) mass is 330 g/mol. The second-order valence-electron chi connectivity index (χ2n) is 4.89. The third-order valence-corrected chi connectivity index (χ3v) is 4.33. The quantitative estimate of drug-likeness (QED) is 0.811. The minimum absolute atomic E-state index is 0.0176. The predicted molar refractivity (Wildman–Crippen MR) is 85.0 cm³/mol. The topological polar surface area (TPSA) is 46.3 Å². The summed E-state index contributed by atoms with van der Waals surface area (Å²) in [5, 5.41) is 0. The Kier molecular flexibility index (Phi) is 3.49. The number of benzene rings is 2. The maximum absolute atomic E-state index is 12.7. The second kappa shape index (κ2) is 5.29. The van der Waals surface area contributed by atoms with Crippen molar-refractivity contribution in [1.82, 2.24) is 0 Å². The molecule has 1 aliphatic heterocycles. The van der Waals surface area contributed by atoms with Crippen molar-refractivity contribution in [2.45, 2.75) is 12.8 Å². The first-order valence-electron chi connectivity index (χ1n) is 6.62. The molecule has 0 atom stereocenters. The molecule has 0 spiro atoms. The highest BCUT2D eigenvalue weighted by Gasteiger charge is 2.25. The lowest BCUT2D eigenvalue weighted by molar-refractivity contribution is 0.0984. The summed E-state index contributed by atoms with van der Waals surface area (Å²) in [4.78, 5) is 14.6. The van der Waals surface area contributed by atoms with E-state index in [0.29, 0.717) is 5.56 Å². The average Bonchev–Trinajstić information content (AvgIpc) is 2.47. The lowest BCUT2D eigenvalue weighted by Gasteiger charge is -2.30. The van der Waals surface area contributed by atoms with Gasteiger partial charge in [-0.2, -0.15) is 0 Å². The number of rotatable bonds is 1. The minimum Gasteiger partial charge on any atom is -0.398 e. The number of fused-ring (bicyclic) bond motifs is 1. The van der Waals surface area contributed by atoms with Gasteiger partial charge in [-0.1, -0.05) is 18.2 Å². The van der Waals surface area contributed by atoms with Crippen LogP contribution in [0.25, 0.3) is 0 Å². The molecule has 102 valence electrons. The van der Waals surface area contributed by atoms with Gasteiger partial charge in [0.05, 0.1) is 5.56 Å². The Hall–Kier alpha value is -1.81. The van der Waals surface area contributed by atoms with Crippen LogP contribution in [-0.4, -0.2) is 12.5 Å². The summed E-state index contributed by atoms with van der Waals surface area (Å²) in [6.07, 6.45) is 1.87. The van der Waals surface area contributed by atoms with E-state index in [0.717, 1.165) is 40.8 Å². The summed E-state index contributed by atoms with van der Waals surface area (Å²) < 4.78 is 0.820. The van der Waals surface area contributed by atoms with Crippen LogP contribution in [0.2, 0.25) is 0 Å². The van der Waals surface area contributed by atoms with Gasteiger partial charge in [0.2, 0.25) is 0 Å². The maximum Gasteiger partial charge on any atom is 0.259 e. The van der Waals surface area contributed by atoms with Crippen LogP contribution in [0.1, 0.15) is 22.3 Å². The smallest absolute Gasteiger partial charge is 0.259 e. The van der Waals surface area contributed by atoms with E-state index in [-0.39, 0.29) is 5.91 Å². The molecule has 0 unspecified atom stereocenters. The van der Waals surface area contributed by atoms with E-state index in [4.69, 9.17) is 5.73 Å². The average molecular weight is 331 g/mol. The Morgan fingerprint density at radius 1 is 1.15 bits per heavy atom. The summed E-state index contributed by atoms with van der Waals surface area (Å²) in [7, 11) is 0. The molecule has 3 nitrogen and oxygen atoms in total. The van der Waals surface area contributed by atoms with Gasteiger partial charge < -0.3 is 10.6 Å². The number of nitrogens with two attached hydrogens (primary N) is 1. The first kappa shape index (κ1) is 13.2. The van der Waals surface area contributed by atoms with E-state index in [1.165, 1.54) is 0 Å². The van der Waals surface area contributed by atoms with Crippen LogP contribution >= 0.6 is 15.9 Å². The molecule has 2 aromatic carbocycles. The fourth-order valence-corrected chi connectivity index (χ4v) is 3.10. The number of amides is 1. The number of halogens is 1. The van der Waals surface area contributed by atoms with Crippen molar-refractivity contribution in [3.05, 3.63) is 58.1 Å². The van der Waals surface area contributed by atoms with Crippen LogP contribution in [0.15, 0.2) is 46.9 Å². The number of carbonyl (C=O) groups is 1. The Morgan fingerprint density at radius 3 is 2.75 bits per heavy atom. The van der Waals surface area contributed by atoms with Crippen molar-refractivity contribution in [2.24, 2.45) is 0 Å². The fraction of sp³-hybridized carbons (Fsp3) is 0.188. The molecule has 0 saturated heterocycles. The van der Waals surface area contributed by atoms with Crippen molar-refractivity contribution in [3.8, 4) is 0 Å². The molecule has 0 aliphatic carbocycles. The highest BCUT2D eigenvalue weighted by Crippen LogP contribution is 2.33. The number of nitrogens with zero attached hydrogens (tertiary/aromatic N) is 1. The fourth-order valence-electron chi connectivity index (χ4n) is 2.64. The zero-order valence-corrected chi connectivity index (χ0v) is 12.6. The normalized spacial score (nSPS) is 13.9. The molecule has 2 aromatic rings.